The third-order valence-corrected chi connectivity index (χ3v) is 15.4. The van der Waals surface area contributed by atoms with E-state index >= 15 is 0 Å². The molecular formula is C14H38O2Si4. The Morgan fingerprint density at radius 3 is 0.950 bits per heavy atom. The highest BCUT2D eigenvalue weighted by atomic mass is 28.4. The van der Waals surface area contributed by atoms with Crippen molar-refractivity contribution in [3.8, 4) is 0 Å². The Bertz CT molecular complexity index is 261. The third kappa shape index (κ3) is 12.5. The minimum atomic E-state index is -1.44. The van der Waals surface area contributed by atoms with Gasteiger partial charge in [0.15, 0.2) is 33.3 Å². The molecule has 122 valence electrons. The lowest BCUT2D eigenvalue weighted by molar-refractivity contribution is 0.532. The summed E-state index contributed by atoms with van der Waals surface area (Å²) in [5.41, 5.74) is 0. The fourth-order valence-electron chi connectivity index (χ4n) is 2.86. The Morgan fingerprint density at radius 2 is 0.750 bits per heavy atom. The summed E-state index contributed by atoms with van der Waals surface area (Å²) in [6.07, 6.45) is 2.63. The van der Waals surface area contributed by atoms with Crippen molar-refractivity contribution < 1.29 is 8.23 Å². The second kappa shape index (κ2) is 7.37. The second-order valence-corrected chi connectivity index (χ2v) is 27.3. The molecule has 0 radical (unpaired) electrons. The number of unbranched alkanes of at least 4 members (excludes halogenated alkanes) is 1. The van der Waals surface area contributed by atoms with Gasteiger partial charge in [-0.15, -0.1) is 0 Å². The zero-order chi connectivity index (χ0) is 16.2. The van der Waals surface area contributed by atoms with E-state index in [-0.39, 0.29) is 0 Å². The van der Waals surface area contributed by atoms with Gasteiger partial charge in [-0.05, 0) is 77.6 Å². The molecule has 0 aliphatic rings. The lowest BCUT2D eigenvalue weighted by Crippen LogP contribution is -2.43. The van der Waals surface area contributed by atoms with Crippen LogP contribution in [-0.4, -0.2) is 33.3 Å². The van der Waals surface area contributed by atoms with Crippen LogP contribution in [0.4, 0.5) is 0 Å². The fraction of sp³-hybridized carbons (Fsp3) is 1.00. The molecule has 0 aromatic carbocycles. The van der Waals surface area contributed by atoms with Gasteiger partial charge >= 0.3 is 0 Å². The number of hydrogen-bond acceptors (Lipinski definition) is 2. The minimum Gasteiger partial charge on any atom is -0.456 e. The van der Waals surface area contributed by atoms with Crippen molar-refractivity contribution in [1.82, 2.24) is 0 Å². The smallest absolute Gasteiger partial charge is 0.173 e. The molecule has 0 atom stereocenters. The highest BCUT2D eigenvalue weighted by Gasteiger charge is 2.31. The topological polar surface area (TPSA) is 18.5 Å². The molecule has 0 heterocycles. The van der Waals surface area contributed by atoms with Gasteiger partial charge < -0.3 is 8.23 Å². The summed E-state index contributed by atoms with van der Waals surface area (Å²) >= 11 is 0. The van der Waals surface area contributed by atoms with Gasteiger partial charge in [0.25, 0.3) is 0 Å². The van der Waals surface area contributed by atoms with Crippen LogP contribution in [0.1, 0.15) is 12.8 Å². The van der Waals surface area contributed by atoms with Crippen LogP contribution in [0.3, 0.4) is 0 Å². The maximum atomic E-state index is 6.40. The fourth-order valence-corrected chi connectivity index (χ4v) is 19.1. The average molecular weight is 351 g/mol. The summed E-state index contributed by atoms with van der Waals surface area (Å²) in [5.74, 6) is 0. The van der Waals surface area contributed by atoms with Crippen LogP contribution in [0.25, 0.3) is 0 Å². The molecule has 0 fully saturated rings. The summed E-state index contributed by atoms with van der Waals surface area (Å²) in [6, 6.07) is 2.60. The molecule has 0 saturated heterocycles. The third-order valence-electron chi connectivity index (χ3n) is 2.97. The molecule has 2 nitrogen and oxygen atoms in total. The van der Waals surface area contributed by atoms with Gasteiger partial charge in [0, 0.05) is 0 Å². The van der Waals surface area contributed by atoms with Crippen molar-refractivity contribution in [2.45, 2.75) is 90.4 Å². The van der Waals surface area contributed by atoms with E-state index in [1.165, 1.54) is 24.9 Å². The predicted molar refractivity (Wildman–Crippen MR) is 103 cm³/mol. The molecule has 0 aromatic heterocycles. The molecule has 0 amide bonds. The summed E-state index contributed by atoms with van der Waals surface area (Å²) in [7, 11) is -5.61. The molecule has 0 spiro atoms. The van der Waals surface area contributed by atoms with Gasteiger partial charge in [0.1, 0.15) is 0 Å². The molecule has 0 bridgehead atoms. The van der Waals surface area contributed by atoms with E-state index in [0.29, 0.717) is 0 Å². The maximum Gasteiger partial charge on any atom is 0.173 e. The van der Waals surface area contributed by atoms with Gasteiger partial charge in [-0.3, -0.25) is 0 Å². The van der Waals surface area contributed by atoms with Crippen LogP contribution in [0.2, 0.25) is 77.6 Å². The highest BCUT2D eigenvalue weighted by Crippen LogP contribution is 2.25. The monoisotopic (exact) mass is 350 g/mol. The molecule has 0 rings (SSSR count). The van der Waals surface area contributed by atoms with E-state index in [0.717, 1.165) is 0 Å². The summed E-state index contributed by atoms with van der Waals surface area (Å²) in [4.78, 5) is 0. The second-order valence-electron chi connectivity index (χ2n) is 9.16. The molecular weight excluding hydrogens is 312 g/mol. The predicted octanol–water partition coefficient (Wildman–Crippen LogP) is 5.88. The molecule has 0 saturated carbocycles. The maximum absolute atomic E-state index is 6.40. The summed E-state index contributed by atoms with van der Waals surface area (Å²) < 4.78 is 12.8. The molecule has 0 unspecified atom stereocenters. The Morgan fingerprint density at radius 1 is 0.500 bits per heavy atom. The first-order valence-corrected chi connectivity index (χ1v) is 21.1. The number of hydrogen-bond donors (Lipinski definition) is 0. The minimum absolute atomic E-state index is 1.30. The standard InChI is InChI=1S/C14H38O2Si4/c1-17(2,3)15-19(7,8)13-11-12-14-20(9,10)16-18(4,5)6/h11-14H2,1-10H3. The van der Waals surface area contributed by atoms with Crippen LogP contribution in [0.5, 0.6) is 0 Å². The van der Waals surface area contributed by atoms with Crippen molar-refractivity contribution in [2.24, 2.45) is 0 Å². The van der Waals surface area contributed by atoms with Crippen molar-refractivity contribution >= 4 is 33.3 Å². The van der Waals surface area contributed by atoms with Crippen molar-refractivity contribution in [3.63, 3.8) is 0 Å². The Labute approximate surface area is 132 Å². The Kier molecular flexibility index (Phi) is 7.66. The highest BCUT2D eigenvalue weighted by molar-refractivity contribution is 6.85. The Balaban J connectivity index is 4.08. The van der Waals surface area contributed by atoms with E-state index in [1.54, 1.807) is 0 Å². The van der Waals surface area contributed by atoms with Gasteiger partial charge in [-0.25, -0.2) is 0 Å². The van der Waals surface area contributed by atoms with Gasteiger partial charge in [0.05, 0.1) is 0 Å². The normalized spacial score (nSPS) is 14.7. The van der Waals surface area contributed by atoms with E-state index in [1.807, 2.05) is 0 Å². The average Bonchev–Trinajstić information content (AvgIpc) is 2.04. The first-order valence-electron chi connectivity index (χ1n) is 8.02. The molecule has 0 N–H and O–H groups in total. The molecule has 0 aliphatic heterocycles. The van der Waals surface area contributed by atoms with Crippen LogP contribution >= 0.6 is 0 Å². The lowest BCUT2D eigenvalue weighted by Gasteiger charge is -2.33. The van der Waals surface area contributed by atoms with E-state index in [9.17, 15) is 0 Å². The van der Waals surface area contributed by atoms with E-state index in [4.69, 9.17) is 8.23 Å². The van der Waals surface area contributed by atoms with Gasteiger partial charge in [0.2, 0.25) is 0 Å². The van der Waals surface area contributed by atoms with Gasteiger partial charge in [-0.2, -0.15) is 0 Å². The van der Waals surface area contributed by atoms with Crippen molar-refractivity contribution in [1.29, 1.82) is 0 Å². The quantitative estimate of drug-likeness (QED) is 0.382. The van der Waals surface area contributed by atoms with Crippen molar-refractivity contribution in [3.05, 3.63) is 0 Å². The lowest BCUT2D eigenvalue weighted by atomic mass is 10.4. The molecule has 20 heavy (non-hydrogen) atoms. The van der Waals surface area contributed by atoms with Gasteiger partial charge in [-0.1, -0.05) is 12.8 Å². The molecule has 0 aliphatic carbocycles. The molecule has 6 heteroatoms. The van der Waals surface area contributed by atoms with Crippen LogP contribution in [0.15, 0.2) is 0 Å². The zero-order valence-electron chi connectivity index (χ0n) is 15.6. The van der Waals surface area contributed by atoms with Crippen LogP contribution in [-0.2, 0) is 8.23 Å². The van der Waals surface area contributed by atoms with E-state index in [2.05, 4.69) is 65.5 Å². The van der Waals surface area contributed by atoms with E-state index < -0.39 is 33.3 Å². The zero-order valence-corrected chi connectivity index (χ0v) is 19.6. The SMILES string of the molecule is C[Si](C)(C)O[Si](C)(C)CCCC[Si](C)(C)O[Si](C)(C)C. The summed E-state index contributed by atoms with van der Waals surface area (Å²) in [5, 5.41) is 0. The number of rotatable bonds is 9. The van der Waals surface area contributed by atoms with Crippen molar-refractivity contribution in [2.75, 3.05) is 0 Å². The summed E-state index contributed by atoms with van der Waals surface area (Å²) in [6.45, 7) is 23.4. The molecule has 0 aromatic rings. The first kappa shape index (κ1) is 20.8. The van der Waals surface area contributed by atoms with Crippen LogP contribution in [0, 0.1) is 0 Å². The van der Waals surface area contributed by atoms with Crippen LogP contribution < -0.4 is 0 Å². The largest absolute Gasteiger partial charge is 0.456 e. The Hall–Kier alpha value is 0.788. The first-order chi connectivity index (χ1) is 8.62.